The van der Waals surface area contributed by atoms with Crippen LogP contribution in [0, 0.1) is 10.1 Å². The van der Waals surface area contributed by atoms with Crippen LogP contribution < -0.4 is 10.6 Å². The average molecular weight is 372 g/mol. The van der Waals surface area contributed by atoms with Gasteiger partial charge in [-0.15, -0.1) is 0 Å². The number of carbonyl (C=O) groups excluding carboxylic acids is 1. The summed E-state index contributed by atoms with van der Waals surface area (Å²) in [5, 5.41) is 17.7. The molecular formula is C16H10ClN5O4. The van der Waals surface area contributed by atoms with Crippen molar-refractivity contribution in [3.8, 4) is 5.69 Å². The van der Waals surface area contributed by atoms with Crippen LogP contribution in [0.1, 0.15) is 5.82 Å². The van der Waals surface area contributed by atoms with Gasteiger partial charge in [-0.1, -0.05) is 23.7 Å². The Morgan fingerprint density at radius 1 is 1.12 bits per heavy atom. The number of non-ortho nitro benzene ring substituents is 1. The summed E-state index contributed by atoms with van der Waals surface area (Å²) in [6, 6.07) is 10.6. The fraction of sp³-hybridized carbons (Fsp3) is 0.0625. The van der Waals surface area contributed by atoms with E-state index in [-0.39, 0.29) is 23.6 Å². The fourth-order valence-electron chi connectivity index (χ4n) is 2.94. The van der Waals surface area contributed by atoms with Crippen molar-refractivity contribution in [2.24, 2.45) is 0 Å². The van der Waals surface area contributed by atoms with Gasteiger partial charge in [0, 0.05) is 12.1 Å². The molecule has 0 radical (unpaired) electrons. The molecule has 0 bridgehead atoms. The third kappa shape index (κ3) is 2.37. The highest BCUT2D eigenvalue weighted by Gasteiger charge is 2.31. The molecule has 3 aromatic rings. The molecule has 10 heteroatoms. The Morgan fingerprint density at radius 3 is 2.62 bits per heavy atom. The number of benzene rings is 2. The smallest absolute Gasteiger partial charge is 0.277 e. The lowest BCUT2D eigenvalue weighted by atomic mass is 10.2. The summed E-state index contributed by atoms with van der Waals surface area (Å²) in [6.07, 6.45) is -0.174. The lowest BCUT2D eigenvalue weighted by Gasteiger charge is -2.23. The largest absolute Gasteiger partial charge is 0.348 e. The Kier molecular flexibility index (Phi) is 3.58. The molecule has 4 rings (SSSR count). The zero-order valence-corrected chi connectivity index (χ0v) is 13.8. The van der Waals surface area contributed by atoms with Crippen molar-refractivity contribution in [3.05, 3.63) is 73.9 Å². The molecule has 9 nitrogen and oxygen atoms in total. The quantitative estimate of drug-likeness (QED) is 0.548. The molecule has 130 valence electrons. The first-order valence-electron chi connectivity index (χ1n) is 7.50. The molecule has 0 aliphatic carbocycles. The molecule has 0 fully saturated rings. The number of nitrogens with one attached hydrogen (secondary N) is 1. The number of aromatic nitrogens is 3. The predicted octanol–water partition coefficient (Wildman–Crippen LogP) is 2.34. The molecule has 1 aliphatic heterocycles. The first kappa shape index (κ1) is 16.0. The Bertz CT molecular complexity index is 1120. The zero-order valence-electron chi connectivity index (χ0n) is 13.0. The van der Waals surface area contributed by atoms with Gasteiger partial charge >= 0.3 is 5.69 Å². The molecule has 0 unspecified atom stereocenters. The van der Waals surface area contributed by atoms with Crippen LogP contribution in [0.15, 0.2) is 47.3 Å². The van der Waals surface area contributed by atoms with Crippen molar-refractivity contribution in [2.45, 2.75) is 6.42 Å². The molecule has 0 saturated carbocycles. The Hall–Kier alpha value is -3.46. The molecule has 0 spiro atoms. The second-order valence-electron chi connectivity index (χ2n) is 5.57. The molecule has 1 N–H and O–H groups in total. The first-order valence-corrected chi connectivity index (χ1v) is 7.88. The van der Waals surface area contributed by atoms with E-state index in [0.717, 1.165) is 0 Å². The maximum absolute atomic E-state index is 12.9. The van der Waals surface area contributed by atoms with Crippen LogP contribution in [-0.4, -0.2) is 25.6 Å². The Balaban J connectivity index is 2.06. The summed E-state index contributed by atoms with van der Waals surface area (Å²) >= 11 is 6.24. The number of para-hydroxylation sites is 1. The molecule has 2 heterocycles. The topological polar surface area (TPSA) is 114 Å². The van der Waals surface area contributed by atoms with E-state index in [1.807, 2.05) is 0 Å². The number of aromatic amines is 1. The maximum atomic E-state index is 12.9. The van der Waals surface area contributed by atoms with E-state index in [2.05, 4.69) is 10.2 Å². The van der Waals surface area contributed by atoms with E-state index in [9.17, 15) is 19.7 Å². The molecule has 0 saturated heterocycles. The number of H-pyrrole nitrogens is 1. The maximum Gasteiger partial charge on any atom is 0.348 e. The van der Waals surface area contributed by atoms with Gasteiger partial charge in [-0.3, -0.25) is 19.8 Å². The van der Waals surface area contributed by atoms with Gasteiger partial charge in [0.1, 0.15) is 5.82 Å². The van der Waals surface area contributed by atoms with Gasteiger partial charge in [-0.05, 0) is 18.2 Å². The number of nitro groups is 1. The standard InChI is InChI=1S/C16H10ClN5O4/c17-10-3-1-2-4-11(10)20-13-7-9(22(25)26)5-6-12(13)21-14(8-15(20)23)18-19-16(21)24/h1-7H,8H2,(H,19,24). The fourth-order valence-corrected chi connectivity index (χ4v) is 3.16. The second kappa shape index (κ2) is 5.81. The van der Waals surface area contributed by atoms with E-state index in [4.69, 9.17) is 11.6 Å². The van der Waals surface area contributed by atoms with Crippen LogP contribution in [0.5, 0.6) is 0 Å². The van der Waals surface area contributed by atoms with Crippen molar-refractivity contribution in [3.63, 3.8) is 0 Å². The zero-order chi connectivity index (χ0) is 18.4. The van der Waals surface area contributed by atoms with Crippen LogP contribution in [-0.2, 0) is 11.2 Å². The number of hydrogen-bond acceptors (Lipinski definition) is 5. The highest BCUT2D eigenvalue weighted by Crippen LogP contribution is 2.39. The summed E-state index contributed by atoms with van der Waals surface area (Å²) in [5.74, 6) is -0.206. The van der Waals surface area contributed by atoms with Crippen LogP contribution in [0.2, 0.25) is 5.02 Å². The number of anilines is 2. The van der Waals surface area contributed by atoms with Gasteiger partial charge in [0.15, 0.2) is 0 Å². The van der Waals surface area contributed by atoms with Gasteiger partial charge in [0.25, 0.3) is 5.69 Å². The normalized spacial score (nSPS) is 13.1. The number of nitro benzene ring substituents is 1. The molecule has 1 aromatic heterocycles. The van der Waals surface area contributed by atoms with Crippen LogP contribution >= 0.6 is 11.6 Å². The van der Waals surface area contributed by atoms with E-state index < -0.39 is 16.5 Å². The number of fused-ring (bicyclic) bond motifs is 3. The Labute approximate surface area is 150 Å². The third-order valence-corrected chi connectivity index (χ3v) is 4.37. The summed E-state index contributed by atoms with van der Waals surface area (Å²) in [5.41, 5.74) is 0.0928. The lowest BCUT2D eigenvalue weighted by molar-refractivity contribution is -0.384. The summed E-state index contributed by atoms with van der Waals surface area (Å²) in [7, 11) is 0. The monoisotopic (exact) mass is 371 g/mol. The van der Waals surface area contributed by atoms with E-state index >= 15 is 0 Å². The summed E-state index contributed by atoms with van der Waals surface area (Å²) in [6.45, 7) is 0. The SMILES string of the molecule is O=C1Cc2n[nH]c(=O)n2-c2ccc([N+](=O)[O-])cc2N1c1ccccc1Cl. The molecule has 1 aliphatic rings. The molecule has 0 atom stereocenters. The lowest BCUT2D eigenvalue weighted by Crippen LogP contribution is -2.27. The van der Waals surface area contributed by atoms with Crippen LogP contribution in [0.25, 0.3) is 5.69 Å². The molecule has 26 heavy (non-hydrogen) atoms. The number of halogens is 1. The highest BCUT2D eigenvalue weighted by atomic mass is 35.5. The highest BCUT2D eigenvalue weighted by molar-refractivity contribution is 6.34. The first-order chi connectivity index (χ1) is 12.5. The van der Waals surface area contributed by atoms with Crippen molar-refractivity contribution in [2.75, 3.05) is 4.90 Å². The van der Waals surface area contributed by atoms with Crippen LogP contribution in [0.4, 0.5) is 17.1 Å². The van der Waals surface area contributed by atoms with Gasteiger partial charge in [0.05, 0.1) is 33.4 Å². The van der Waals surface area contributed by atoms with E-state index in [0.29, 0.717) is 16.4 Å². The third-order valence-electron chi connectivity index (χ3n) is 4.05. The minimum atomic E-state index is -0.570. The number of amides is 1. The van der Waals surface area contributed by atoms with E-state index in [1.165, 1.54) is 27.7 Å². The number of nitrogens with zero attached hydrogens (tertiary/aromatic N) is 4. The number of rotatable bonds is 2. The molecular weight excluding hydrogens is 362 g/mol. The number of carbonyl (C=O) groups is 1. The minimum Gasteiger partial charge on any atom is -0.277 e. The van der Waals surface area contributed by atoms with Gasteiger partial charge < -0.3 is 0 Å². The summed E-state index contributed by atoms with van der Waals surface area (Å²) < 4.78 is 1.23. The van der Waals surface area contributed by atoms with E-state index in [1.54, 1.807) is 24.3 Å². The molecule has 1 amide bonds. The van der Waals surface area contributed by atoms with Crippen molar-refractivity contribution in [1.82, 2.24) is 14.8 Å². The van der Waals surface area contributed by atoms with Gasteiger partial charge in [-0.2, -0.15) is 5.10 Å². The van der Waals surface area contributed by atoms with Crippen molar-refractivity contribution >= 4 is 34.6 Å². The average Bonchev–Trinajstić information content (AvgIpc) is 2.91. The minimum absolute atomic E-state index is 0.174. The Morgan fingerprint density at radius 2 is 1.88 bits per heavy atom. The van der Waals surface area contributed by atoms with Crippen molar-refractivity contribution < 1.29 is 9.72 Å². The van der Waals surface area contributed by atoms with Crippen LogP contribution in [0.3, 0.4) is 0 Å². The van der Waals surface area contributed by atoms with Gasteiger partial charge in [0.2, 0.25) is 5.91 Å². The molecule has 2 aromatic carbocycles. The number of hydrogen-bond donors (Lipinski definition) is 1. The van der Waals surface area contributed by atoms with Crippen molar-refractivity contribution in [1.29, 1.82) is 0 Å². The van der Waals surface area contributed by atoms with Gasteiger partial charge in [-0.25, -0.2) is 14.5 Å². The predicted molar refractivity (Wildman–Crippen MR) is 93.1 cm³/mol. The summed E-state index contributed by atoms with van der Waals surface area (Å²) in [4.78, 5) is 37.0. The second-order valence-corrected chi connectivity index (χ2v) is 5.98.